The average Bonchev–Trinajstić information content (AvgIpc) is 2.70. The van der Waals surface area contributed by atoms with Gasteiger partial charge in [0.1, 0.15) is 6.54 Å². The van der Waals surface area contributed by atoms with Gasteiger partial charge in [-0.3, -0.25) is 9.59 Å². The molecule has 6 heteroatoms. The molecule has 2 unspecified atom stereocenters. The largest absolute Gasteiger partial charge is 0.337 e. The summed E-state index contributed by atoms with van der Waals surface area (Å²) in [5.41, 5.74) is 7.55. The van der Waals surface area contributed by atoms with Crippen LogP contribution in [-0.4, -0.2) is 34.5 Å². The van der Waals surface area contributed by atoms with E-state index in [0.717, 1.165) is 30.4 Å². The van der Waals surface area contributed by atoms with Crippen molar-refractivity contribution in [2.75, 3.05) is 13.1 Å². The van der Waals surface area contributed by atoms with Crippen molar-refractivity contribution in [2.45, 2.75) is 32.4 Å². The number of benzene rings is 2. The molecule has 2 aromatic carbocycles. The van der Waals surface area contributed by atoms with Crippen molar-refractivity contribution in [2.24, 2.45) is 11.7 Å². The van der Waals surface area contributed by atoms with Crippen molar-refractivity contribution in [1.29, 1.82) is 0 Å². The molecule has 1 aliphatic rings. The van der Waals surface area contributed by atoms with Gasteiger partial charge in [-0.25, -0.2) is 0 Å². The molecule has 0 radical (unpaired) electrons. The smallest absolute Gasteiger partial charge is 0.242 e. The minimum Gasteiger partial charge on any atom is -0.337 e. The van der Waals surface area contributed by atoms with Gasteiger partial charge in [0, 0.05) is 29.9 Å². The summed E-state index contributed by atoms with van der Waals surface area (Å²) in [7, 11) is 0. The quantitative estimate of drug-likeness (QED) is 0.688. The van der Waals surface area contributed by atoms with Gasteiger partial charge in [0.2, 0.25) is 5.91 Å². The fraction of sp³-hybridized carbons (Fsp3) is 0.364. The number of piperidine rings is 1. The minimum absolute atomic E-state index is 0. The molecule has 28 heavy (non-hydrogen) atoms. The van der Waals surface area contributed by atoms with Crippen LogP contribution in [0.3, 0.4) is 0 Å². The number of para-hydroxylation sites is 2. The molecular weight excluding hydrogens is 374 g/mol. The van der Waals surface area contributed by atoms with Crippen LogP contribution in [0.2, 0.25) is 0 Å². The molecule has 2 N–H and O–H groups in total. The first kappa shape index (κ1) is 20.4. The van der Waals surface area contributed by atoms with E-state index in [-0.39, 0.29) is 36.3 Å². The molecule has 0 saturated carbocycles. The number of carbonyl (C=O) groups excluding carboxylic acids is 1. The Hall–Kier alpha value is -2.37. The van der Waals surface area contributed by atoms with Crippen LogP contribution < -0.4 is 11.2 Å². The summed E-state index contributed by atoms with van der Waals surface area (Å²) in [6.07, 6.45) is 1.96. The highest BCUT2D eigenvalue weighted by Gasteiger charge is 2.29. The number of fused-ring (bicyclic) bond motifs is 2. The van der Waals surface area contributed by atoms with E-state index in [1.807, 2.05) is 58.0 Å². The van der Waals surface area contributed by atoms with Crippen molar-refractivity contribution in [3.8, 4) is 0 Å². The molecule has 1 fully saturated rings. The first-order chi connectivity index (χ1) is 13.1. The van der Waals surface area contributed by atoms with E-state index in [1.54, 1.807) is 0 Å². The van der Waals surface area contributed by atoms with Gasteiger partial charge in [-0.2, -0.15) is 0 Å². The van der Waals surface area contributed by atoms with Gasteiger partial charge in [0.15, 0.2) is 5.43 Å². The van der Waals surface area contributed by atoms with Crippen LogP contribution >= 0.6 is 12.4 Å². The Morgan fingerprint density at radius 3 is 2.21 bits per heavy atom. The van der Waals surface area contributed by atoms with Gasteiger partial charge < -0.3 is 15.2 Å². The number of likely N-dealkylation sites (tertiary alicyclic amines) is 1. The van der Waals surface area contributed by atoms with Gasteiger partial charge >= 0.3 is 0 Å². The number of aromatic nitrogens is 1. The van der Waals surface area contributed by atoms with E-state index in [9.17, 15) is 9.59 Å². The standard InChI is InChI=1S/C22H25N3O2.ClH/c1-15-10-11-24(16(12-15)13-23)21(26)14-25-19-8-4-2-6-17(19)22(27)18-7-3-5-9-20(18)25;/h2-9,15-16H,10-14,23H2,1H3;1H. The second kappa shape index (κ2) is 8.33. The lowest BCUT2D eigenvalue weighted by molar-refractivity contribution is -0.135. The normalized spacial score (nSPS) is 19.6. The van der Waals surface area contributed by atoms with E-state index < -0.39 is 0 Å². The van der Waals surface area contributed by atoms with E-state index in [0.29, 0.717) is 23.2 Å². The Morgan fingerprint density at radius 2 is 1.64 bits per heavy atom. The summed E-state index contributed by atoms with van der Waals surface area (Å²) >= 11 is 0. The topological polar surface area (TPSA) is 68.3 Å². The average molecular weight is 400 g/mol. The number of hydrogen-bond acceptors (Lipinski definition) is 3. The number of carbonyl (C=O) groups is 1. The Labute approximate surface area is 170 Å². The van der Waals surface area contributed by atoms with Gasteiger partial charge in [-0.15, -0.1) is 12.4 Å². The van der Waals surface area contributed by atoms with Gasteiger partial charge in [0.25, 0.3) is 0 Å². The molecule has 1 aliphatic heterocycles. The van der Waals surface area contributed by atoms with Crippen LogP contribution in [0.1, 0.15) is 19.8 Å². The van der Waals surface area contributed by atoms with Crippen LogP contribution in [0.25, 0.3) is 21.8 Å². The van der Waals surface area contributed by atoms with Gasteiger partial charge in [0.05, 0.1) is 11.0 Å². The molecular formula is C22H26ClN3O2. The molecule has 0 bridgehead atoms. The lowest BCUT2D eigenvalue weighted by Gasteiger charge is -2.38. The summed E-state index contributed by atoms with van der Waals surface area (Å²) in [4.78, 5) is 28.0. The SMILES string of the molecule is CC1CCN(C(=O)Cn2c3ccccc3c(=O)c3ccccc32)C(CN)C1.Cl. The van der Waals surface area contributed by atoms with Gasteiger partial charge in [-0.1, -0.05) is 31.2 Å². The number of hydrogen-bond donors (Lipinski definition) is 1. The molecule has 0 aliphatic carbocycles. The number of amides is 1. The third kappa shape index (κ3) is 3.52. The maximum absolute atomic E-state index is 13.2. The summed E-state index contributed by atoms with van der Waals surface area (Å²) in [6.45, 7) is 3.67. The molecule has 2 heterocycles. The number of nitrogens with zero attached hydrogens (tertiary/aromatic N) is 2. The molecule has 5 nitrogen and oxygen atoms in total. The van der Waals surface area contributed by atoms with Crippen molar-refractivity contribution in [3.63, 3.8) is 0 Å². The minimum atomic E-state index is 0. The molecule has 148 valence electrons. The Morgan fingerprint density at radius 1 is 1.07 bits per heavy atom. The highest BCUT2D eigenvalue weighted by Crippen LogP contribution is 2.24. The highest BCUT2D eigenvalue weighted by atomic mass is 35.5. The fourth-order valence-corrected chi connectivity index (χ4v) is 4.28. The highest BCUT2D eigenvalue weighted by molar-refractivity contribution is 5.94. The zero-order valence-corrected chi connectivity index (χ0v) is 16.8. The third-order valence-electron chi connectivity index (χ3n) is 5.74. The second-order valence-corrected chi connectivity index (χ2v) is 7.56. The predicted octanol–water partition coefficient (Wildman–Crippen LogP) is 3.16. The fourth-order valence-electron chi connectivity index (χ4n) is 4.28. The van der Waals surface area contributed by atoms with E-state index in [2.05, 4.69) is 6.92 Å². The van der Waals surface area contributed by atoms with Crippen molar-refractivity contribution in [3.05, 3.63) is 58.8 Å². The Bertz CT molecular complexity index is 1000. The van der Waals surface area contributed by atoms with Crippen molar-refractivity contribution in [1.82, 2.24) is 9.47 Å². The summed E-state index contributed by atoms with van der Waals surface area (Å²) in [5.74, 6) is 0.660. The Balaban J connectivity index is 0.00000225. The second-order valence-electron chi connectivity index (χ2n) is 7.56. The van der Waals surface area contributed by atoms with Crippen LogP contribution in [0.4, 0.5) is 0 Å². The number of pyridine rings is 1. The molecule has 1 amide bonds. The molecule has 2 atom stereocenters. The van der Waals surface area contributed by atoms with E-state index in [4.69, 9.17) is 5.73 Å². The summed E-state index contributed by atoms with van der Waals surface area (Å²) in [6, 6.07) is 15.1. The van der Waals surface area contributed by atoms with Crippen molar-refractivity contribution >= 4 is 40.1 Å². The molecule has 1 aromatic heterocycles. The van der Waals surface area contributed by atoms with E-state index >= 15 is 0 Å². The van der Waals surface area contributed by atoms with Crippen LogP contribution in [0, 0.1) is 5.92 Å². The maximum Gasteiger partial charge on any atom is 0.242 e. The first-order valence-electron chi connectivity index (χ1n) is 9.60. The summed E-state index contributed by atoms with van der Waals surface area (Å²) < 4.78 is 1.97. The van der Waals surface area contributed by atoms with Crippen LogP contribution in [0.5, 0.6) is 0 Å². The van der Waals surface area contributed by atoms with E-state index in [1.165, 1.54) is 0 Å². The molecule has 0 spiro atoms. The van der Waals surface area contributed by atoms with Crippen LogP contribution in [0.15, 0.2) is 53.3 Å². The lowest BCUT2D eigenvalue weighted by atomic mass is 9.92. The summed E-state index contributed by atoms with van der Waals surface area (Å²) in [5, 5.41) is 1.29. The molecule has 4 rings (SSSR count). The first-order valence-corrected chi connectivity index (χ1v) is 9.60. The number of rotatable bonds is 3. The van der Waals surface area contributed by atoms with Crippen LogP contribution in [-0.2, 0) is 11.3 Å². The molecule has 1 saturated heterocycles. The number of halogens is 1. The third-order valence-corrected chi connectivity index (χ3v) is 5.74. The zero-order valence-electron chi connectivity index (χ0n) is 16.0. The predicted molar refractivity (Wildman–Crippen MR) is 116 cm³/mol. The zero-order chi connectivity index (χ0) is 19.0. The lowest BCUT2D eigenvalue weighted by Crippen LogP contribution is -2.50. The molecule has 3 aromatic rings. The van der Waals surface area contributed by atoms with Gasteiger partial charge in [-0.05, 0) is 43.0 Å². The Kier molecular flexibility index (Phi) is 6.06. The monoisotopic (exact) mass is 399 g/mol. The maximum atomic E-state index is 13.2. The number of nitrogens with two attached hydrogens (primary N) is 1. The van der Waals surface area contributed by atoms with Crippen molar-refractivity contribution < 1.29 is 4.79 Å².